The van der Waals surface area contributed by atoms with Gasteiger partial charge in [0.05, 0.1) is 22.4 Å². The number of nitrogens with zero attached hydrogens (tertiary/aromatic N) is 3. The normalized spacial score (nSPS) is 17.2. The van der Waals surface area contributed by atoms with Gasteiger partial charge in [0.2, 0.25) is 5.91 Å². The topological polar surface area (TPSA) is 36.4 Å². The van der Waals surface area contributed by atoms with Crippen molar-refractivity contribution < 1.29 is 18.0 Å². The summed E-state index contributed by atoms with van der Waals surface area (Å²) in [7, 11) is 0. The van der Waals surface area contributed by atoms with Crippen LogP contribution in [-0.2, 0) is 17.5 Å². The molecule has 0 N–H and O–H groups in total. The number of halogens is 4. The Hall–Kier alpha value is -2.06. The standard InChI is InChI=1S/C20H21ClF3N3OS/c1-2-10-27(13-15-7-8-17(21)29-15)19(28)14-5-4-11-26(12-14)18-16(20(22,23)24)6-3-9-25-18/h2-3,6-9,14H,1,4-5,10-13H2. The van der Waals surface area contributed by atoms with Crippen molar-refractivity contribution in [3.05, 3.63) is 57.9 Å². The van der Waals surface area contributed by atoms with Crippen LogP contribution in [-0.4, -0.2) is 35.4 Å². The summed E-state index contributed by atoms with van der Waals surface area (Å²) in [6, 6.07) is 5.95. The van der Waals surface area contributed by atoms with Crippen molar-refractivity contribution in [2.24, 2.45) is 5.92 Å². The number of pyridine rings is 1. The zero-order valence-electron chi connectivity index (χ0n) is 15.7. The lowest BCUT2D eigenvalue weighted by Gasteiger charge is -2.36. The number of amides is 1. The second-order valence-electron chi connectivity index (χ2n) is 6.87. The number of piperidine rings is 1. The molecule has 1 fully saturated rings. The van der Waals surface area contributed by atoms with Crippen LogP contribution in [0.25, 0.3) is 0 Å². The summed E-state index contributed by atoms with van der Waals surface area (Å²) in [6.07, 6.45) is -0.248. The number of thiophene rings is 1. The number of carbonyl (C=O) groups is 1. The van der Waals surface area contributed by atoms with E-state index in [0.717, 1.165) is 10.9 Å². The predicted octanol–water partition coefficient (Wildman–Crippen LogP) is 5.25. The number of aromatic nitrogens is 1. The molecule has 29 heavy (non-hydrogen) atoms. The lowest BCUT2D eigenvalue weighted by Crippen LogP contribution is -2.45. The monoisotopic (exact) mass is 443 g/mol. The molecule has 1 aliphatic heterocycles. The first-order valence-electron chi connectivity index (χ1n) is 9.20. The van der Waals surface area contributed by atoms with E-state index in [-0.39, 0.29) is 18.3 Å². The Bertz CT molecular complexity index is 871. The van der Waals surface area contributed by atoms with Crippen molar-refractivity contribution in [1.29, 1.82) is 0 Å². The van der Waals surface area contributed by atoms with Gasteiger partial charge in [-0.2, -0.15) is 13.2 Å². The van der Waals surface area contributed by atoms with Crippen LogP contribution < -0.4 is 4.90 Å². The van der Waals surface area contributed by atoms with E-state index in [1.807, 2.05) is 6.07 Å². The molecule has 156 valence electrons. The molecule has 1 saturated heterocycles. The molecule has 3 heterocycles. The van der Waals surface area contributed by atoms with E-state index in [1.54, 1.807) is 21.9 Å². The Morgan fingerprint density at radius 1 is 1.41 bits per heavy atom. The maximum Gasteiger partial charge on any atom is 0.419 e. The van der Waals surface area contributed by atoms with E-state index in [4.69, 9.17) is 11.6 Å². The Kier molecular flexibility index (Phi) is 6.85. The summed E-state index contributed by atoms with van der Waals surface area (Å²) in [5.41, 5.74) is -0.774. The van der Waals surface area contributed by atoms with E-state index in [9.17, 15) is 18.0 Å². The summed E-state index contributed by atoms with van der Waals surface area (Å²) in [5, 5.41) is 0. The summed E-state index contributed by atoms with van der Waals surface area (Å²) in [4.78, 5) is 21.3. The maximum absolute atomic E-state index is 13.4. The zero-order valence-corrected chi connectivity index (χ0v) is 17.2. The summed E-state index contributed by atoms with van der Waals surface area (Å²) >= 11 is 7.38. The predicted molar refractivity (Wildman–Crippen MR) is 109 cm³/mol. The molecule has 0 radical (unpaired) electrons. The van der Waals surface area contributed by atoms with Gasteiger partial charge in [0.15, 0.2) is 0 Å². The molecule has 1 atom stereocenters. The number of carbonyl (C=O) groups excluding carboxylic acids is 1. The second kappa shape index (κ2) is 9.17. The van der Waals surface area contributed by atoms with Gasteiger partial charge in [-0.1, -0.05) is 17.7 Å². The van der Waals surface area contributed by atoms with Gasteiger partial charge < -0.3 is 9.80 Å². The first-order valence-corrected chi connectivity index (χ1v) is 10.4. The highest BCUT2D eigenvalue weighted by Gasteiger charge is 2.37. The highest BCUT2D eigenvalue weighted by Crippen LogP contribution is 2.36. The van der Waals surface area contributed by atoms with Crippen LogP contribution in [0.2, 0.25) is 4.34 Å². The van der Waals surface area contributed by atoms with Crippen molar-refractivity contribution in [1.82, 2.24) is 9.88 Å². The number of hydrogen-bond acceptors (Lipinski definition) is 4. The Balaban J connectivity index is 1.77. The van der Waals surface area contributed by atoms with Gasteiger partial charge in [0, 0.05) is 30.7 Å². The molecular formula is C20H21ClF3N3OS. The molecule has 1 aliphatic rings. The minimum absolute atomic E-state index is 0.0939. The van der Waals surface area contributed by atoms with E-state index < -0.39 is 17.7 Å². The smallest absolute Gasteiger partial charge is 0.355 e. The van der Waals surface area contributed by atoms with E-state index in [2.05, 4.69) is 11.6 Å². The molecule has 1 amide bonds. The molecule has 2 aromatic heterocycles. The van der Waals surface area contributed by atoms with Crippen LogP contribution in [0.4, 0.5) is 19.0 Å². The number of alkyl halides is 3. The highest BCUT2D eigenvalue weighted by molar-refractivity contribution is 7.16. The number of anilines is 1. The van der Waals surface area contributed by atoms with Crippen molar-refractivity contribution >= 4 is 34.7 Å². The largest absolute Gasteiger partial charge is 0.419 e. The molecular weight excluding hydrogens is 423 g/mol. The van der Waals surface area contributed by atoms with E-state index in [0.29, 0.717) is 36.8 Å². The fourth-order valence-electron chi connectivity index (χ4n) is 3.51. The minimum atomic E-state index is -4.49. The van der Waals surface area contributed by atoms with Crippen LogP contribution in [0.15, 0.2) is 43.1 Å². The molecule has 0 bridgehead atoms. The summed E-state index contributed by atoms with van der Waals surface area (Å²) in [6.45, 7) is 5.12. The molecule has 0 aliphatic carbocycles. The molecule has 9 heteroatoms. The average Bonchev–Trinajstić information content (AvgIpc) is 3.11. The number of hydrogen-bond donors (Lipinski definition) is 0. The Labute approximate surface area is 176 Å². The quantitative estimate of drug-likeness (QED) is 0.572. The summed E-state index contributed by atoms with van der Waals surface area (Å²) < 4.78 is 40.8. The van der Waals surface area contributed by atoms with Crippen molar-refractivity contribution in [3.8, 4) is 0 Å². The lowest BCUT2D eigenvalue weighted by atomic mass is 9.96. The van der Waals surface area contributed by atoms with Crippen LogP contribution in [0, 0.1) is 5.92 Å². The Morgan fingerprint density at radius 3 is 2.86 bits per heavy atom. The van der Waals surface area contributed by atoms with Gasteiger partial charge in [-0.05, 0) is 37.1 Å². The van der Waals surface area contributed by atoms with E-state index >= 15 is 0 Å². The first kappa shape index (κ1) is 21.6. The van der Waals surface area contributed by atoms with Crippen molar-refractivity contribution in [2.45, 2.75) is 25.6 Å². The second-order valence-corrected chi connectivity index (χ2v) is 8.67. The van der Waals surface area contributed by atoms with E-state index in [1.165, 1.54) is 23.6 Å². The maximum atomic E-state index is 13.4. The van der Waals surface area contributed by atoms with Crippen LogP contribution in [0.5, 0.6) is 0 Å². The zero-order chi connectivity index (χ0) is 21.0. The van der Waals surface area contributed by atoms with Gasteiger partial charge in [-0.3, -0.25) is 4.79 Å². The highest BCUT2D eigenvalue weighted by atomic mass is 35.5. The van der Waals surface area contributed by atoms with Crippen LogP contribution >= 0.6 is 22.9 Å². The molecule has 0 saturated carbocycles. The Morgan fingerprint density at radius 2 is 2.21 bits per heavy atom. The lowest BCUT2D eigenvalue weighted by molar-refractivity contribution is -0.137. The van der Waals surface area contributed by atoms with Gasteiger partial charge in [-0.25, -0.2) is 4.98 Å². The minimum Gasteiger partial charge on any atom is -0.355 e. The van der Waals surface area contributed by atoms with Crippen molar-refractivity contribution in [3.63, 3.8) is 0 Å². The van der Waals surface area contributed by atoms with Gasteiger partial charge in [0.1, 0.15) is 5.82 Å². The molecule has 3 rings (SSSR count). The third kappa shape index (κ3) is 5.30. The average molecular weight is 444 g/mol. The molecule has 2 aromatic rings. The SMILES string of the molecule is C=CCN(Cc1ccc(Cl)s1)C(=O)C1CCCN(c2ncccc2C(F)(F)F)C1. The third-order valence-corrected chi connectivity index (χ3v) is 6.01. The van der Waals surface area contributed by atoms with Gasteiger partial charge >= 0.3 is 6.18 Å². The van der Waals surface area contributed by atoms with Crippen molar-refractivity contribution in [2.75, 3.05) is 24.5 Å². The molecule has 4 nitrogen and oxygen atoms in total. The first-order chi connectivity index (χ1) is 13.8. The fraction of sp³-hybridized carbons (Fsp3) is 0.400. The van der Waals surface area contributed by atoms with Crippen LogP contribution in [0.3, 0.4) is 0 Å². The molecule has 0 aromatic carbocycles. The van der Waals surface area contributed by atoms with Crippen LogP contribution in [0.1, 0.15) is 23.3 Å². The third-order valence-electron chi connectivity index (χ3n) is 4.80. The number of rotatable bonds is 6. The van der Waals surface area contributed by atoms with Gasteiger partial charge in [-0.15, -0.1) is 17.9 Å². The summed E-state index contributed by atoms with van der Waals surface area (Å²) in [5.74, 6) is -0.608. The van der Waals surface area contributed by atoms with Gasteiger partial charge in [0.25, 0.3) is 0 Å². The molecule has 1 unspecified atom stereocenters. The molecule has 0 spiro atoms. The fourth-order valence-corrected chi connectivity index (χ4v) is 4.62.